The van der Waals surface area contributed by atoms with E-state index in [1.807, 2.05) is 13.8 Å². The summed E-state index contributed by atoms with van der Waals surface area (Å²) in [4.78, 5) is -0.109. The van der Waals surface area contributed by atoms with Crippen LogP contribution in [0.25, 0.3) is 0 Å². The summed E-state index contributed by atoms with van der Waals surface area (Å²) in [7, 11) is -4.16. The normalized spacial score (nSPS) is 11.2. The molecule has 1 aromatic carbocycles. The summed E-state index contributed by atoms with van der Waals surface area (Å²) >= 11 is 0. The Balaban J connectivity index is 3.18. The van der Waals surface area contributed by atoms with Crippen molar-refractivity contribution in [2.45, 2.75) is 18.7 Å². The summed E-state index contributed by atoms with van der Waals surface area (Å²) in [5.74, 6) is 0. The number of hydrogen-bond acceptors (Lipinski definition) is 4. The molecule has 0 spiro atoms. The molecular weight excluding hydrogens is 228 g/mol. The van der Waals surface area contributed by atoms with Crippen molar-refractivity contribution >= 4 is 21.5 Å². The first-order valence-corrected chi connectivity index (χ1v) is 6.51. The number of anilines is 2. The van der Waals surface area contributed by atoms with Crippen LogP contribution in [-0.4, -0.2) is 26.1 Å². The van der Waals surface area contributed by atoms with Gasteiger partial charge in [0.05, 0.1) is 4.90 Å². The van der Waals surface area contributed by atoms with Crippen LogP contribution in [0.1, 0.15) is 13.8 Å². The second kappa shape index (κ2) is 5.18. The lowest BCUT2D eigenvalue weighted by Crippen LogP contribution is -2.05. The van der Waals surface area contributed by atoms with Crippen molar-refractivity contribution in [3.8, 4) is 0 Å². The Kier molecular flexibility index (Phi) is 4.14. The Morgan fingerprint density at radius 1 is 1.06 bits per heavy atom. The molecule has 1 aromatic rings. The van der Waals surface area contributed by atoms with Gasteiger partial charge in [0.15, 0.2) is 0 Å². The van der Waals surface area contributed by atoms with Crippen LogP contribution in [0.4, 0.5) is 11.4 Å². The Bertz CT molecular complexity index is 433. The predicted octanol–water partition coefficient (Wildman–Crippen LogP) is 1.80. The number of nitrogens with one attached hydrogen (secondary N) is 2. The van der Waals surface area contributed by atoms with E-state index in [9.17, 15) is 8.42 Å². The average molecular weight is 244 g/mol. The molecule has 16 heavy (non-hydrogen) atoms. The summed E-state index contributed by atoms with van der Waals surface area (Å²) in [5.41, 5.74) is 1.32. The van der Waals surface area contributed by atoms with E-state index < -0.39 is 10.1 Å². The number of hydrogen-bond donors (Lipinski definition) is 3. The van der Waals surface area contributed by atoms with Crippen LogP contribution in [0.15, 0.2) is 23.1 Å². The molecule has 90 valence electrons. The molecule has 5 nitrogen and oxygen atoms in total. The fourth-order valence-electron chi connectivity index (χ4n) is 1.36. The molecule has 0 atom stereocenters. The van der Waals surface area contributed by atoms with Gasteiger partial charge in [-0.15, -0.1) is 0 Å². The van der Waals surface area contributed by atoms with Crippen LogP contribution in [-0.2, 0) is 10.1 Å². The van der Waals surface area contributed by atoms with Crippen molar-refractivity contribution in [3.63, 3.8) is 0 Å². The highest BCUT2D eigenvalue weighted by Gasteiger charge is 2.11. The van der Waals surface area contributed by atoms with Crippen molar-refractivity contribution in [1.29, 1.82) is 0 Å². The minimum atomic E-state index is -4.16. The molecule has 0 unspecified atom stereocenters. The first-order valence-electron chi connectivity index (χ1n) is 5.07. The fraction of sp³-hybridized carbons (Fsp3) is 0.400. The zero-order valence-electron chi connectivity index (χ0n) is 9.32. The van der Waals surface area contributed by atoms with Gasteiger partial charge in [-0.1, -0.05) is 0 Å². The van der Waals surface area contributed by atoms with E-state index in [1.54, 1.807) is 6.07 Å². The summed E-state index contributed by atoms with van der Waals surface area (Å²) in [6.07, 6.45) is 0. The first-order chi connectivity index (χ1) is 7.47. The lowest BCUT2D eigenvalue weighted by molar-refractivity contribution is 0.483. The lowest BCUT2D eigenvalue weighted by atomic mass is 10.2. The third-order valence-electron chi connectivity index (χ3n) is 1.97. The standard InChI is InChI=1S/C10H16N2O3S/c1-3-11-8-5-9(12-4-2)7-10(6-8)16(13,14)15/h5-7,11-12H,3-4H2,1-2H3,(H,13,14,15). The minimum absolute atomic E-state index is 0.109. The van der Waals surface area contributed by atoms with E-state index in [4.69, 9.17) is 4.55 Å². The van der Waals surface area contributed by atoms with Crippen LogP contribution in [0.2, 0.25) is 0 Å². The third kappa shape index (κ3) is 3.39. The van der Waals surface area contributed by atoms with Crippen LogP contribution in [0, 0.1) is 0 Å². The Labute approximate surface area is 95.6 Å². The molecule has 1 rings (SSSR count). The molecule has 0 aromatic heterocycles. The van der Waals surface area contributed by atoms with Gasteiger partial charge >= 0.3 is 0 Å². The molecule has 0 saturated carbocycles. The lowest BCUT2D eigenvalue weighted by Gasteiger charge is -2.10. The maximum Gasteiger partial charge on any atom is 0.294 e. The van der Waals surface area contributed by atoms with Crippen LogP contribution in [0.3, 0.4) is 0 Å². The topological polar surface area (TPSA) is 78.4 Å². The van der Waals surface area contributed by atoms with Crippen molar-refractivity contribution in [3.05, 3.63) is 18.2 Å². The average Bonchev–Trinajstić information content (AvgIpc) is 2.17. The largest absolute Gasteiger partial charge is 0.385 e. The van der Waals surface area contributed by atoms with Gasteiger partial charge in [0, 0.05) is 24.5 Å². The fourth-order valence-corrected chi connectivity index (χ4v) is 1.91. The summed E-state index contributed by atoms with van der Waals surface area (Å²) < 4.78 is 31.1. The van der Waals surface area contributed by atoms with Gasteiger partial charge < -0.3 is 10.6 Å². The Morgan fingerprint density at radius 3 is 1.81 bits per heavy atom. The molecule has 0 heterocycles. The van der Waals surface area contributed by atoms with Crippen LogP contribution >= 0.6 is 0 Å². The summed E-state index contributed by atoms with van der Waals surface area (Å²) in [5, 5.41) is 6.01. The maximum atomic E-state index is 11.0. The zero-order chi connectivity index (χ0) is 12.2. The van der Waals surface area contributed by atoms with Gasteiger partial charge in [-0.05, 0) is 32.0 Å². The van der Waals surface area contributed by atoms with Gasteiger partial charge in [0.2, 0.25) is 0 Å². The quantitative estimate of drug-likeness (QED) is 0.688. The van der Waals surface area contributed by atoms with E-state index in [-0.39, 0.29) is 4.90 Å². The Morgan fingerprint density at radius 2 is 1.50 bits per heavy atom. The monoisotopic (exact) mass is 244 g/mol. The molecule has 0 aliphatic heterocycles. The molecule has 0 radical (unpaired) electrons. The predicted molar refractivity (Wildman–Crippen MR) is 64.6 cm³/mol. The molecular formula is C10H16N2O3S. The van der Waals surface area contributed by atoms with E-state index in [2.05, 4.69) is 10.6 Å². The molecule has 3 N–H and O–H groups in total. The Hall–Kier alpha value is -1.27. The highest BCUT2D eigenvalue weighted by Crippen LogP contribution is 2.22. The van der Waals surface area contributed by atoms with Gasteiger partial charge in [0.1, 0.15) is 0 Å². The second-order valence-electron chi connectivity index (χ2n) is 3.28. The zero-order valence-corrected chi connectivity index (χ0v) is 10.1. The minimum Gasteiger partial charge on any atom is -0.385 e. The van der Waals surface area contributed by atoms with Gasteiger partial charge in [-0.3, -0.25) is 4.55 Å². The molecule has 0 fully saturated rings. The number of benzene rings is 1. The third-order valence-corrected chi connectivity index (χ3v) is 2.80. The highest BCUT2D eigenvalue weighted by molar-refractivity contribution is 7.85. The van der Waals surface area contributed by atoms with Gasteiger partial charge in [0.25, 0.3) is 10.1 Å². The molecule has 0 saturated heterocycles. The van der Waals surface area contributed by atoms with Crippen molar-refractivity contribution in [2.75, 3.05) is 23.7 Å². The van der Waals surface area contributed by atoms with Crippen LogP contribution < -0.4 is 10.6 Å². The highest BCUT2D eigenvalue weighted by atomic mass is 32.2. The SMILES string of the molecule is CCNc1cc(NCC)cc(S(=O)(=O)O)c1. The molecule has 0 aliphatic carbocycles. The van der Waals surface area contributed by atoms with E-state index in [0.29, 0.717) is 24.5 Å². The molecule has 0 amide bonds. The van der Waals surface area contributed by atoms with Crippen molar-refractivity contribution in [1.82, 2.24) is 0 Å². The van der Waals surface area contributed by atoms with Gasteiger partial charge in [-0.2, -0.15) is 8.42 Å². The van der Waals surface area contributed by atoms with Crippen molar-refractivity contribution < 1.29 is 13.0 Å². The second-order valence-corrected chi connectivity index (χ2v) is 4.70. The molecule has 6 heteroatoms. The smallest absolute Gasteiger partial charge is 0.294 e. The van der Waals surface area contributed by atoms with E-state index in [1.165, 1.54) is 12.1 Å². The summed E-state index contributed by atoms with van der Waals surface area (Å²) in [6.45, 7) is 5.18. The first kappa shape index (κ1) is 12.8. The van der Waals surface area contributed by atoms with E-state index >= 15 is 0 Å². The van der Waals surface area contributed by atoms with Gasteiger partial charge in [-0.25, -0.2) is 0 Å². The van der Waals surface area contributed by atoms with E-state index in [0.717, 1.165) is 0 Å². The van der Waals surface area contributed by atoms with Crippen LogP contribution in [0.5, 0.6) is 0 Å². The molecule has 0 aliphatic rings. The van der Waals surface area contributed by atoms with Crippen molar-refractivity contribution in [2.24, 2.45) is 0 Å². The summed E-state index contributed by atoms with van der Waals surface area (Å²) in [6, 6.07) is 4.60. The number of rotatable bonds is 5. The molecule has 0 bridgehead atoms. The maximum absolute atomic E-state index is 11.0.